The molecule has 0 aliphatic heterocycles. The lowest BCUT2D eigenvalue weighted by atomic mass is 10.1. The van der Waals surface area contributed by atoms with Crippen molar-refractivity contribution in [1.29, 1.82) is 5.26 Å². The molecule has 0 saturated carbocycles. The molecule has 0 amide bonds. The molecule has 2 aromatic carbocycles. The largest absolute Gasteiger partial charge is 0.484 e. The van der Waals surface area contributed by atoms with Gasteiger partial charge in [0.2, 0.25) is 0 Å². The smallest absolute Gasteiger partial charge is 0.138 e. The zero-order chi connectivity index (χ0) is 16.8. The molecule has 0 N–H and O–H groups in total. The number of benzene rings is 2. The molecule has 128 valence electrons. The number of halogens is 1. The maximum Gasteiger partial charge on any atom is 0.138 e. The summed E-state index contributed by atoms with van der Waals surface area (Å²) in [5.74, 6) is 0.630. The van der Waals surface area contributed by atoms with Gasteiger partial charge in [-0.15, -0.1) is 12.4 Å². The molecule has 1 atom stereocenters. The van der Waals surface area contributed by atoms with E-state index in [1.54, 1.807) is 12.5 Å². The van der Waals surface area contributed by atoms with Crippen molar-refractivity contribution in [2.45, 2.75) is 26.0 Å². The Bertz CT molecular complexity index is 826. The van der Waals surface area contributed by atoms with Gasteiger partial charge in [-0.2, -0.15) is 5.26 Å². The zero-order valence-corrected chi connectivity index (χ0v) is 14.8. The van der Waals surface area contributed by atoms with Crippen LogP contribution >= 0.6 is 12.4 Å². The Morgan fingerprint density at radius 3 is 2.64 bits per heavy atom. The SMILES string of the molecule is CCC(Oc1cc(Cn2ccnc2)ccc1C#N)c1ccccc1.Cl. The first kappa shape index (κ1) is 18.6. The van der Waals surface area contributed by atoms with Gasteiger partial charge in [0.1, 0.15) is 17.9 Å². The van der Waals surface area contributed by atoms with Crippen LogP contribution in [0, 0.1) is 11.3 Å². The van der Waals surface area contributed by atoms with Crippen LogP contribution in [0.25, 0.3) is 0 Å². The zero-order valence-electron chi connectivity index (χ0n) is 14.0. The number of aromatic nitrogens is 2. The molecule has 0 fully saturated rings. The lowest BCUT2D eigenvalue weighted by Crippen LogP contribution is -2.08. The van der Waals surface area contributed by atoms with Crippen LogP contribution < -0.4 is 4.74 Å². The van der Waals surface area contributed by atoms with Gasteiger partial charge in [0, 0.05) is 18.9 Å². The third-order valence-electron chi connectivity index (χ3n) is 3.90. The summed E-state index contributed by atoms with van der Waals surface area (Å²) < 4.78 is 8.17. The molecule has 3 rings (SSSR count). The van der Waals surface area contributed by atoms with E-state index in [2.05, 4.69) is 30.1 Å². The predicted octanol–water partition coefficient (Wildman–Crippen LogP) is 4.75. The molecule has 1 aromatic heterocycles. The number of hydrogen-bond acceptors (Lipinski definition) is 3. The van der Waals surface area contributed by atoms with E-state index in [1.165, 1.54) is 0 Å². The molecule has 1 unspecified atom stereocenters. The van der Waals surface area contributed by atoms with Crippen molar-refractivity contribution in [1.82, 2.24) is 9.55 Å². The van der Waals surface area contributed by atoms with Crippen LogP contribution in [0.2, 0.25) is 0 Å². The lowest BCUT2D eigenvalue weighted by molar-refractivity contribution is 0.200. The number of ether oxygens (including phenoxy) is 1. The summed E-state index contributed by atoms with van der Waals surface area (Å²) in [6, 6.07) is 18.0. The average Bonchev–Trinajstić information content (AvgIpc) is 3.13. The van der Waals surface area contributed by atoms with Crippen molar-refractivity contribution >= 4 is 12.4 Å². The summed E-state index contributed by atoms with van der Waals surface area (Å²) >= 11 is 0. The first-order chi connectivity index (χ1) is 11.8. The third kappa shape index (κ3) is 4.62. The number of hydrogen-bond donors (Lipinski definition) is 0. The minimum Gasteiger partial charge on any atom is -0.484 e. The lowest BCUT2D eigenvalue weighted by Gasteiger charge is -2.19. The minimum atomic E-state index is -0.0678. The van der Waals surface area contributed by atoms with E-state index >= 15 is 0 Å². The fraction of sp³-hybridized carbons (Fsp3) is 0.200. The molecule has 5 heteroatoms. The average molecular weight is 354 g/mol. The molecule has 4 nitrogen and oxygen atoms in total. The minimum absolute atomic E-state index is 0. The Hall–Kier alpha value is -2.77. The summed E-state index contributed by atoms with van der Waals surface area (Å²) in [5.41, 5.74) is 2.74. The Labute approximate surface area is 154 Å². The van der Waals surface area contributed by atoms with Crippen molar-refractivity contribution in [3.63, 3.8) is 0 Å². The molecule has 0 aliphatic carbocycles. The summed E-state index contributed by atoms with van der Waals surface area (Å²) in [5, 5.41) is 9.38. The van der Waals surface area contributed by atoms with Crippen LogP contribution in [0.3, 0.4) is 0 Å². The Kier molecular flexibility index (Phi) is 6.62. The van der Waals surface area contributed by atoms with E-state index in [1.807, 2.05) is 47.2 Å². The highest BCUT2D eigenvalue weighted by Gasteiger charge is 2.14. The van der Waals surface area contributed by atoms with Gasteiger partial charge in [-0.3, -0.25) is 0 Å². The van der Waals surface area contributed by atoms with E-state index in [4.69, 9.17) is 4.74 Å². The molecular weight excluding hydrogens is 334 g/mol. The first-order valence-electron chi connectivity index (χ1n) is 8.00. The van der Waals surface area contributed by atoms with E-state index in [-0.39, 0.29) is 18.5 Å². The van der Waals surface area contributed by atoms with Gasteiger partial charge in [0.15, 0.2) is 0 Å². The highest BCUT2D eigenvalue weighted by Crippen LogP contribution is 2.28. The summed E-state index contributed by atoms with van der Waals surface area (Å²) in [6.45, 7) is 2.78. The number of nitrogens with zero attached hydrogens (tertiary/aromatic N) is 3. The summed E-state index contributed by atoms with van der Waals surface area (Å²) in [7, 11) is 0. The second kappa shape index (κ2) is 8.91. The van der Waals surface area contributed by atoms with Gasteiger partial charge in [0.05, 0.1) is 11.9 Å². The topological polar surface area (TPSA) is 50.8 Å². The van der Waals surface area contributed by atoms with Crippen LogP contribution in [0.1, 0.15) is 36.1 Å². The van der Waals surface area contributed by atoms with Crippen molar-refractivity contribution in [2.24, 2.45) is 0 Å². The molecule has 0 spiro atoms. The van der Waals surface area contributed by atoms with Gasteiger partial charge in [-0.25, -0.2) is 4.98 Å². The van der Waals surface area contributed by atoms with Gasteiger partial charge in [0.25, 0.3) is 0 Å². The van der Waals surface area contributed by atoms with Gasteiger partial charge >= 0.3 is 0 Å². The highest BCUT2D eigenvalue weighted by molar-refractivity contribution is 5.85. The van der Waals surface area contributed by atoms with Crippen LogP contribution in [0.5, 0.6) is 5.75 Å². The van der Waals surface area contributed by atoms with Crippen LogP contribution in [-0.4, -0.2) is 9.55 Å². The van der Waals surface area contributed by atoms with Crippen molar-refractivity contribution in [2.75, 3.05) is 0 Å². The van der Waals surface area contributed by atoms with E-state index in [0.29, 0.717) is 17.9 Å². The van der Waals surface area contributed by atoms with Gasteiger partial charge in [-0.1, -0.05) is 43.3 Å². The molecule has 3 aromatic rings. The monoisotopic (exact) mass is 353 g/mol. The maximum atomic E-state index is 9.38. The third-order valence-corrected chi connectivity index (χ3v) is 3.90. The van der Waals surface area contributed by atoms with Crippen molar-refractivity contribution < 1.29 is 4.74 Å². The van der Waals surface area contributed by atoms with E-state index in [0.717, 1.165) is 17.5 Å². The molecule has 0 radical (unpaired) electrons. The van der Waals surface area contributed by atoms with Crippen LogP contribution in [0.15, 0.2) is 67.3 Å². The molecule has 0 aliphatic rings. The molecular formula is C20H20ClN3O. The normalized spacial score (nSPS) is 11.2. The second-order valence-electron chi connectivity index (χ2n) is 5.60. The maximum absolute atomic E-state index is 9.38. The quantitative estimate of drug-likeness (QED) is 0.642. The summed E-state index contributed by atoms with van der Waals surface area (Å²) in [4.78, 5) is 4.06. The number of nitriles is 1. The Morgan fingerprint density at radius 2 is 2.00 bits per heavy atom. The van der Waals surface area contributed by atoms with Crippen LogP contribution in [0.4, 0.5) is 0 Å². The van der Waals surface area contributed by atoms with E-state index < -0.39 is 0 Å². The predicted molar refractivity (Wildman–Crippen MR) is 99.8 cm³/mol. The van der Waals surface area contributed by atoms with E-state index in [9.17, 15) is 5.26 Å². The Morgan fingerprint density at radius 1 is 1.20 bits per heavy atom. The van der Waals surface area contributed by atoms with Gasteiger partial charge < -0.3 is 9.30 Å². The fourth-order valence-electron chi connectivity index (χ4n) is 2.65. The molecule has 25 heavy (non-hydrogen) atoms. The molecule has 1 heterocycles. The van der Waals surface area contributed by atoms with Crippen molar-refractivity contribution in [3.05, 3.63) is 83.9 Å². The molecule has 0 saturated heterocycles. The number of rotatable bonds is 6. The van der Waals surface area contributed by atoms with Crippen LogP contribution in [-0.2, 0) is 6.54 Å². The standard InChI is InChI=1S/C20H19N3O.ClH/c1-2-19(17-6-4-3-5-7-17)24-20-12-16(8-9-18(20)13-21)14-23-11-10-22-15-23;/h3-12,15,19H,2,14H2,1H3;1H. The second-order valence-corrected chi connectivity index (χ2v) is 5.60. The van der Waals surface area contributed by atoms with Crippen molar-refractivity contribution in [3.8, 4) is 11.8 Å². The van der Waals surface area contributed by atoms with Gasteiger partial charge in [-0.05, 0) is 29.7 Å². The molecule has 0 bridgehead atoms. The first-order valence-corrected chi connectivity index (χ1v) is 8.00. The highest BCUT2D eigenvalue weighted by atomic mass is 35.5. The Balaban J connectivity index is 0.00000225. The summed E-state index contributed by atoms with van der Waals surface area (Å²) in [6.07, 6.45) is 6.21. The number of imidazole rings is 1. The fourth-order valence-corrected chi connectivity index (χ4v) is 2.65.